The molecule has 3 heteroatoms. The van der Waals surface area contributed by atoms with E-state index in [0.29, 0.717) is 6.54 Å². The van der Waals surface area contributed by atoms with E-state index >= 15 is 0 Å². The first-order valence-corrected chi connectivity index (χ1v) is 5.04. The zero-order valence-electron chi connectivity index (χ0n) is 9.83. The Kier molecular flexibility index (Phi) is 4.59. The van der Waals surface area contributed by atoms with E-state index in [1.54, 1.807) is 14.2 Å². The minimum atomic E-state index is -0.202. The van der Waals surface area contributed by atoms with Crippen molar-refractivity contribution in [1.29, 1.82) is 0 Å². The third-order valence-corrected chi connectivity index (χ3v) is 2.51. The first-order chi connectivity index (χ1) is 7.17. The topological polar surface area (TPSA) is 30.5 Å². The SMILES string of the molecule is COC(CNc1ccc(C)c(C)c1)OC. The molecule has 3 nitrogen and oxygen atoms in total. The molecule has 0 saturated carbocycles. The minimum absolute atomic E-state index is 0.202. The van der Waals surface area contributed by atoms with Crippen LogP contribution >= 0.6 is 0 Å². The molecule has 0 unspecified atom stereocenters. The number of hydrogen-bond donors (Lipinski definition) is 1. The maximum atomic E-state index is 5.09. The molecule has 0 aromatic heterocycles. The van der Waals surface area contributed by atoms with Gasteiger partial charge in [0.25, 0.3) is 0 Å². The fourth-order valence-corrected chi connectivity index (χ4v) is 1.32. The lowest BCUT2D eigenvalue weighted by Crippen LogP contribution is -2.23. The van der Waals surface area contributed by atoms with Crippen molar-refractivity contribution >= 4 is 5.69 Å². The van der Waals surface area contributed by atoms with Gasteiger partial charge in [0.1, 0.15) is 0 Å². The lowest BCUT2D eigenvalue weighted by molar-refractivity contribution is -0.0914. The summed E-state index contributed by atoms with van der Waals surface area (Å²) in [6.45, 7) is 4.85. The Morgan fingerprint density at radius 3 is 2.33 bits per heavy atom. The average Bonchev–Trinajstić information content (AvgIpc) is 2.24. The van der Waals surface area contributed by atoms with Crippen LogP contribution in [0.25, 0.3) is 0 Å². The van der Waals surface area contributed by atoms with Gasteiger partial charge in [0, 0.05) is 19.9 Å². The highest BCUT2D eigenvalue weighted by Crippen LogP contribution is 2.14. The molecule has 0 heterocycles. The Bertz CT molecular complexity index is 308. The summed E-state index contributed by atoms with van der Waals surface area (Å²) in [5.74, 6) is 0. The second-order valence-corrected chi connectivity index (χ2v) is 3.58. The molecule has 1 rings (SSSR count). The molecule has 84 valence electrons. The molecule has 0 radical (unpaired) electrons. The normalized spacial score (nSPS) is 10.7. The molecule has 1 N–H and O–H groups in total. The first kappa shape index (κ1) is 12.0. The number of benzene rings is 1. The minimum Gasteiger partial charge on any atom is -0.380 e. The second kappa shape index (κ2) is 5.73. The van der Waals surface area contributed by atoms with E-state index in [0.717, 1.165) is 5.69 Å². The number of hydrogen-bond acceptors (Lipinski definition) is 3. The highest BCUT2D eigenvalue weighted by atomic mass is 16.7. The number of anilines is 1. The number of nitrogens with one attached hydrogen (secondary N) is 1. The molecule has 0 atom stereocenters. The van der Waals surface area contributed by atoms with Gasteiger partial charge >= 0.3 is 0 Å². The van der Waals surface area contributed by atoms with Gasteiger partial charge in [0.2, 0.25) is 0 Å². The fourth-order valence-electron chi connectivity index (χ4n) is 1.32. The molecule has 1 aromatic rings. The predicted octanol–water partition coefficient (Wildman–Crippen LogP) is 2.33. The maximum absolute atomic E-state index is 5.09. The van der Waals surface area contributed by atoms with Crippen LogP contribution in [-0.2, 0) is 9.47 Å². The molecule has 0 amide bonds. The summed E-state index contributed by atoms with van der Waals surface area (Å²) in [4.78, 5) is 0. The van der Waals surface area contributed by atoms with E-state index in [-0.39, 0.29) is 6.29 Å². The lowest BCUT2D eigenvalue weighted by Gasteiger charge is -2.15. The van der Waals surface area contributed by atoms with Gasteiger partial charge in [0.05, 0.1) is 6.54 Å². The molecule has 0 spiro atoms. The molecule has 0 aliphatic rings. The van der Waals surface area contributed by atoms with Crippen molar-refractivity contribution in [2.75, 3.05) is 26.1 Å². The van der Waals surface area contributed by atoms with Crippen LogP contribution in [0.2, 0.25) is 0 Å². The summed E-state index contributed by atoms with van der Waals surface area (Å²) < 4.78 is 10.2. The van der Waals surface area contributed by atoms with Crippen LogP contribution in [-0.4, -0.2) is 27.1 Å². The number of ether oxygens (including phenoxy) is 2. The average molecular weight is 209 g/mol. The molecule has 0 aliphatic heterocycles. The van der Waals surface area contributed by atoms with Crippen LogP contribution in [0.1, 0.15) is 11.1 Å². The zero-order chi connectivity index (χ0) is 11.3. The van der Waals surface area contributed by atoms with Gasteiger partial charge in [-0.15, -0.1) is 0 Å². The van der Waals surface area contributed by atoms with Crippen LogP contribution < -0.4 is 5.32 Å². The Balaban J connectivity index is 2.54. The van der Waals surface area contributed by atoms with E-state index in [1.807, 2.05) is 0 Å². The summed E-state index contributed by atoms with van der Waals surface area (Å²) in [5, 5.41) is 3.26. The van der Waals surface area contributed by atoms with E-state index < -0.39 is 0 Å². The maximum Gasteiger partial charge on any atom is 0.173 e. The first-order valence-electron chi connectivity index (χ1n) is 5.04. The smallest absolute Gasteiger partial charge is 0.173 e. The second-order valence-electron chi connectivity index (χ2n) is 3.58. The third-order valence-electron chi connectivity index (χ3n) is 2.51. The highest BCUT2D eigenvalue weighted by Gasteiger charge is 2.04. The molecule has 0 aliphatic carbocycles. The van der Waals surface area contributed by atoms with Crippen LogP contribution in [0.3, 0.4) is 0 Å². The summed E-state index contributed by atoms with van der Waals surface area (Å²) in [7, 11) is 3.27. The number of rotatable bonds is 5. The van der Waals surface area contributed by atoms with Crippen LogP contribution in [0, 0.1) is 13.8 Å². The van der Waals surface area contributed by atoms with E-state index in [2.05, 4.69) is 37.4 Å². The quantitative estimate of drug-likeness (QED) is 0.755. The van der Waals surface area contributed by atoms with Gasteiger partial charge < -0.3 is 14.8 Å². The van der Waals surface area contributed by atoms with Gasteiger partial charge in [-0.05, 0) is 37.1 Å². The number of methoxy groups -OCH3 is 2. The van der Waals surface area contributed by atoms with Crippen molar-refractivity contribution < 1.29 is 9.47 Å². The Morgan fingerprint density at radius 1 is 1.13 bits per heavy atom. The van der Waals surface area contributed by atoms with Gasteiger partial charge in [0.15, 0.2) is 6.29 Å². The van der Waals surface area contributed by atoms with Gasteiger partial charge in [-0.1, -0.05) is 6.07 Å². The zero-order valence-corrected chi connectivity index (χ0v) is 9.83. The Labute approximate surface area is 91.4 Å². The molecule has 0 fully saturated rings. The molecule has 0 saturated heterocycles. The molecular weight excluding hydrogens is 190 g/mol. The fraction of sp³-hybridized carbons (Fsp3) is 0.500. The standard InChI is InChI=1S/C12H19NO2/c1-9-5-6-11(7-10(9)2)13-8-12(14-3)15-4/h5-7,12-13H,8H2,1-4H3. The third kappa shape index (κ3) is 3.53. The van der Waals surface area contributed by atoms with Crippen molar-refractivity contribution in [3.63, 3.8) is 0 Å². The van der Waals surface area contributed by atoms with Crippen molar-refractivity contribution in [2.24, 2.45) is 0 Å². The molecule has 1 aromatic carbocycles. The Hall–Kier alpha value is -1.06. The van der Waals surface area contributed by atoms with E-state index in [4.69, 9.17) is 9.47 Å². The summed E-state index contributed by atoms with van der Waals surface area (Å²) >= 11 is 0. The van der Waals surface area contributed by atoms with Crippen LogP contribution in [0.4, 0.5) is 5.69 Å². The van der Waals surface area contributed by atoms with Gasteiger partial charge in [-0.25, -0.2) is 0 Å². The molecular formula is C12H19NO2. The van der Waals surface area contributed by atoms with Crippen molar-refractivity contribution in [3.05, 3.63) is 29.3 Å². The summed E-state index contributed by atoms with van der Waals surface area (Å²) in [6, 6.07) is 6.29. The van der Waals surface area contributed by atoms with Crippen molar-refractivity contribution in [1.82, 2.24) is 0 Å². The van der Waals surface area contributed by atoms with E-state index in [1.165, 1.54) is 11.1 Å². The lowest BCUT2D eigenvalue weighted by atomic mass is 10.1. The molecule has 15 heavy (non-hydrogen) atoms. The monoisotopic (exact) mass is 209 g/mol. The van der Waals surface area contributed by atoms with Gasteiger partial charge in [-0.3, -0.25) is 0 Å². The van der Waals surface area contributed by atoms with E-state index in [9.17, 15) is 0 Å². The van der Waals surface area contributed by atoms with Crippen LogP contribution in [0.15, 0.2) is 18.2 Å². The number of aryl methyl sites for hydroxylation is 2. The summed E-state index contributed by atoms with van der Waals surface area (Å²) in [5.41, 5.74) is 3.68. The van der Waals surface area contributed by atoms with Crippen molar-refractivity contribution in [2.45, 2.75) is 20.1 Å². The molecule has 0 bridgehead atoms. The summed E-state index contributed by atoms with van der Waals surface area (Å²) in [6.07, 6.45) is -0.202. The van der Waals surface area contributed by atoms with Crippen molar-refractivity contribution in [3.8, 4) is 0 Å². The highest BCUT2D eigenvalue weighted by molar-refractivity contribution is 5.48. The Morgan fingerprint density at radius 2 is 1.80 bits per heavy atom. The van der Waals surface area contributed by atoms with Crippen LogP contribution in [0.5, 0.6) is 0 Å². The predicted molar refractivity (Wildman–Crippen MR) is 62.2 cm³/mol. The largest absolute Gasteiger partial charge is 0.380 e. The van der Waals surface area contributed by atoms with Gasteiger partial charge in [-0.2, -0.15) is 0 Å².